The molecule has 2 rings (SSSR count). The Kier molecular flexibility index (Phi) is 3.46. The van der Waals surface area contributed by atoms with Crippen molar-refractivity contribution in [1.29, 1.82) is 0 Å². The van der Waals surface area contributed by atoms with Crippen molar-refractivity contribution in [2.24, 2.45) is 5.14 Å². The lowest BCUT2D eigenvalue weighted by Crippen LogP contribution is -2.26. The first-order chi connectivity index (χ1) is 8.80. The Bertz CT molecular complexity index is 608. The van der Waals surface area contributed by atoms with Crippen LogP contribution in [0.25, 0.3) is 0 Å². The predicted molar refractivity (Wildman–Crippen MR) is 67.3 cm³/mol. The van der Waals surface area contributed by atoms with Crippen molar-refractivity contribution in [1.82, 2.24) is 9.88 Å². The zero-order chi connectivity index (χ0) is 14.2. The number of hydrogen-bond acceptors (Lipinski definition) is 5. The highest BCUT2D eigenvalue weighted by Gasteiger charge is 2.30. The predicted octanol–water partition coefficient (Wildman–Crippen LogP) is -0.0280. The summed E-state index contributed by atoms with van der Waals surface area (Å²) in [6.07, 6.45) is 4.14. The lowest BCUT2D eigenvalue weighted by atomic mass is 10.2. The first-order valence-corrected chi connectivity index (χ1v) is 7.24. The van der Waals surface area contributed by atoms with Gasteiger partial charge in [-0.2, -0.15) is 0 Å². The molecule has 0 radical (unpaired) electrons. The van der Waals surface area contributed by atoms with Gasteiger partial charge in [0.05, 0.1) is 17.9 Å². The number of rotatable bonds is 4. The van der Waals surface area contributed by atoms with Crippen LogP contribution in [-0.2, 0) is 10.0 Å². The van der Waals surface area contributed by atoms with Gasteiger partial charge in [0.1, 0.15) is 4.90 Å². The number of carbonyl (C=O) groups excluding carboxylic acids is 1. The van der Waals surface area contributed by atoms with Gasteiger partial charge in [0.15, 0.2) is 5.75 Å². The SMILES string of the molecule is CN(C)C(=O)c1cncc(OC2CC2)c1S(N)(=O)=O. The van der Waals surface area contributed by atoms with E-state index >= 15 is 0 Å². The molecule has 19 heavy (non-hydrogen) atoms. The normalized spacial score (nSPS) is 15.1. The molecule has 0 aromatic carbocycles. The number of amides is 1. The highest BCUT2D eigenvalue weighted by atomic mass is 32.2. The minimum atomic E-state index is -4.07. The minimum absolute atomic E-state index is 0.0213. The molecule has 0 unspecified atom stereocenters. The van der Waals surface area contributed by atoms with Gasteiger partial charge in [0.2, 0.25) is 10.0 Å². The summed E-state index contributed by atoms with van der Waals surface area (Å²) in [5, 5.41) is 5.19. The number of sulfonamides is 1. The molecule has 1 aliphatic carbocycles. The van der Waals surface area contributed by atoms with E-state index in [2.05, 4.69) is 4.98 Å². The fourth-order valence-electron chi connectivity index (χ4n) is 1.57. The Morgan fingerprint density at radius 1 is 1.42 bits per heavy atom. The van der Waals surface area contributed by atoms with E-state index in [1.165, 1.54) is 31.4 Å². The molecule has 0 bridgehead atoms. The van der Waals surface area contributed by atoms with Crippen LogP contribution in [0.5, 0.6) is 5.75 Å². The van der Waals surface area contributed by atoms with E-state index in [1.807, 2.05) is 0 Å². The Hall–Kier alpha value is -1.67. The Morgan fingerprint density at radius 3 is 2.53 bits per heavy atom. The van der Waals surface area contributed by atoms with Gasteiger partial charge in [-0.15, -0.1) is 0 Å². The van der Waals surface area contributed by atoms with Gasteiger partial charge in [-0.05, 0) is 12.8 Å². The summed E-state index contributed by atoms with van der Waals surface area (Å²) in [5.74, 6) is -0.449. The van der Waals surface area contributed by atoms with Crippen molar-refractivity contribution in [3.63, 3.8) is 0 Å². The van der Waals surface area contributed by atoms with Crippen molar-refractivity contribution in [3.8, 4) is 5.75 Å². The number of aromatic nitrogens is 1. The summed E-state index contributed by atoms with van der Waals surface area (Å²) in [6, 6.07) is 0. The van der Waals surface area contributed by atoms with Crippen LogP contribution in [0.15, 0.2) is 17.3 Å². The molecule has 1 aliphatic rings. The van der Waals surface area contributed by atoms with Crippen LogP contribution in [0.4, 0.5) is 0 Å². The molecule has 2 N–H and O–H groups in total. The summed E-state index contributed by atoms with van der Waals surface area (Å²) < 4.78 is 28.9. The second-order valence-corrected chi connectivity index (χ2v) is 6.07. The van der Waals surface area contributed by atoms with E-state index in [4.69, 9.17) is 9.88 Å². The van der Waals surface area contributed by atoms with Gasteiger partial charge in [0, 0.05) is 20.3 Å². The second kappa shape index (κ2) is 4.78. The molecule has 0 atom stereocenters. The minimum Gasteiger partial charge on any atom is -0.487 e. The topological polar surface area (TPSA) is 103 Å². The van der Waals surface area contributed by atoms with Crippen LogP contribution in [0.2, 0.25) is 0 Å². The van der Waals surface area contributed by atoms with Gasteiger partial charge >= 0.3 is 0 Å². The summed E-state index contributed by atoms with van der Waals surface area (Å²) >= 11 is 0. The molecule has 1 aromatic heterocycles. The average molecular weight is 285 g/mol. The second-order valence-electron chi connectivity index (χ2n) is 4.58. The van der Waals surface area contributed by atoms with Gasteiger partial charge in [0.25, 0.3) is 5.91 Å². The molecule has 1 saturated carbocycles. The Balaban J connectivity index is 2.56. The summed E-state index contributed by atoms with van der Waals surface area (Å²) in [7, 11) is -1.04. The molecule has 0 spiro atoms. The first-order valence-electron chi connectivity index (χ1n) is 5.70. The number of nitrogens with zero attached hydrogens (tertiary/aromatic N) is 2. The summed E-state index contributed by atoms with van der Waals surface area (Å²) in [4.78, 5) is 16.8. The molecule has 0 saturated heterocycles. The Morgan fingerprint density at radius 2 is 2.05 bits per heavy atom. The quantitative estimate of drug-likeness (QED) is 0.837. The Labute approximate surface area is 111 Å². The van der Waals surface area contributed by atoms with Gasteiger partial charge in [-0.3, -0.25) is 9.78 Å². The van der Waals surface area contributed by atoms with Gasteiger partial charge in [-0.25, -0.2) is 13.6 Å². The number of primary sulfonamides is 1. The third kappa shape index (κ3) is 3.02. The molecule has 1 amide bonds. The monoisotopic (exact) mass is 285 g/mol. The standard InChI is InChI=1S/C11H15N3O4S/c1-14(2)11(15)8-5-13-6-9(18-7-3-4-7)10(8)19(12,16)17/h5-7H,3-4H2,1-2H3,(H2,12,16,17). The number of carbonyl (C=O) groups is 1. The third-order valence-corrected chi connectivity index (χ3v) is 3.59. The fourth-order valence-corrected chi connectivity index (χ4v) is 2.39. The fraction of sp³-hybridized carbons (Fsp3) is 0.455. The molecule has 1 fully saturated rings. The van der Waals surface area contributed by atoms with E-state index in [0.717, 1.165) is 12.8 Å². The maximum Gasteiger partial charge on any atom is 0.256 e. The zero-order valence-corrected chi connectivity index (χ0v) is 11.5. The van der Waals surface area contributed by atoms with Crippen LogP contribution in [0.3, 0.4) is 0 Å². The van der Waals surface area contributed by atoms with E-state index < -0.39 is 15.9 Å². The number of nitrogens with two attached hydrogens (primary N) is 1. The molecule has 8 heteroatoms. The third-order valence-electron chi connectivity index (χ3n) is 2.60. The number of hydrogen-bond donors (Lipinski definition) is 1. The van der Waals surface area contributed by atoms with Crippen molar-refractivity contribution in [2.45, 2.75) is 23.8 Å². The van der Waals surface area contributed by atoms with Crippen LogP contribution in [0.1, 0.15) is 23.2 Å². The maximum atomic E-state index is 12.0. The van der Waals surface area contributed by atoms with Crippen molar-refractivity contribution >= 4 is 15.9 Å². The van der Waals surface area contributed by atoms with Crippen molar-refractivity contribution in [3.05, 3.63) is 18.0 Å². The lowest BCUT2D eigenvalue weighted by molar-refractivity contribution is 0.0822. The molecule has 7 nitrogen and oxygen atoms in total. The lowest BCUT2D eigenvalue weighted by Gasteiger charge is -2.15. The highest BCUT2D eigenvalue weighted by Crippen LogP contribution is 2.32. The molecule has 1 heterocycles. The van der Waals surface area contributed by atoms with Crippen molar-refractivity contribution in [2.75, 3.05) is 14.1 Å². The van der Waals surface area contributed by atoms with Crippen molar-refractivity contribution < 1.29 is 17.9 Å². The average Bonchev–Trinajstić information content (AvgIpc) is 3.10. The van der Waals surface area contributed by atoms with Crippen LogP contribution in [0, 0.1) is 0 Å². The van der Waals surface area contributed by atoms with E-state index in [-0.39, 0.29) is 22.3 Å². The van der Waals surface area contributed by atoms with Crippen LogP contribution in [-0.4, -0.2) is 44.4 Å². The summed E-state index contributed by atoms with van der Waals surface area (Å²) in [5.41, 5.74) is -0.0781. The van der Waals surface area contributed by atoms with E-state index in [1.54, 1.807) is 0 Å². The first kappa shape index (κ1) is 13.8. The van der Waals surface area contributed by atoms with Gasteiger partial charge in [-0.1, -0.05) is 0 Å². The van der Waals surface area contributed by atoms with E-state index in [9.17, 15) is 13.2 Å². The number of pyridine rings is 1. The van der Waals surface area contributed by atoms with E-state index in [0.29, 0.717) is 0 Å². The number of ether oxygens (including phenoxy) is 1. The molecule has 0 aliphatic heterocycles. The van der Waals surface area contributed by atoms with Crippen LogP contribution < -0.4 is 9.88 Å². The molecular weight excluding hydrogens is 270 g/mol. The largest absolute Gasteiger partial charge is 0.487 e. The molecular formula is C11H15N3O4S. The smallest absolute Gasteiger partial charge is 0.256 e. The molecule has 104 valence electrons. The molecule has 1 aromatic rings. The zero-order valence-electron chi connectivity index (χ0n) is 10.7. The highest BCUT2D eigenvalue weighted by molar-refractivity contribution is 7.89. The summed E-state index contributed by atoms with van der Waals surface area (Å²) in [6.45, 7) is 0. The van der Waals surface area contributed by atoms with Gasteiger partial charge < -0.3 is 9.64 Å². The van der Waals surface area contributed by atoms with Crippen LogP contribution >= 0.6 is 0 Å². The maximum absolute atomic E-state index is 12.0.